The topological polar surface area (TPSA) is 55.9 Å². The Hall–Kier alpha value is -2.08. The van der Waals surface area contributed by atoms with Gasteiger partial charge in [0.15, 0.2) is 0 Å². The van der Waals surface area contributed by atoms with Crippen LogP contribution in [-0.4, -0.2) is 66.9 Å². The van der Waals surface area contributed by atoms with Gasteiger partial charge in [0.2, 0.25) is 5.91 Å². The van der Waals surface area contributed by atoms with Gasteiger partial charge in [0.05, 0.1) is 5.92 Å². The third kappa shape index (κ3) is 4.75. The summed E-state index contributed by atoms with van der Waals surface area (Å²) >= 11 is 0. The van der Waals surface area contributed by atoms with E-state index in [1.165, 1.54) is 5.56 Å². The molecule has 3 amide bonds. The van der Waals surface area contributed by atoms with Crippen LogP contribution < -0.4 is 5.32 Å². The number of amides is 3. The Morgan fingerprint density at radius 2 is 1.69 bits per heavy atom. The second-order valence-electron chi connectivity index (χ2n) is 7.69. The molecule has 0 radical (unpaired) electrons. The van der Waals surface area contributed by atoms with Gasteiger partial charge in [-0.25, -0.2) is 4.79 Å². The molecule has 2 heterocycles. The Bertz CT molecular complexity index is 623. The largest absolute Gasteiger partial charge is 0.326 e. The molecule has 3 rings (SSSR count). The van der Waals surface area contributed by atoms with Crippen molar-refractivity contribution in [3.63, 3.8) is 0 Å². The maximum atomic E-state index is 12.6. The summed E-state index contributed by atoms with van der Waals surface area (Å²) in [5, 5.41) is 3.02. The number of carbonyl (C=O) groups is 2. The van der Waals surface area contributed by atoms with Crippen LogP contribution in [0.25, 0.3) is 0 Å². The lowest BCUT2D eigenvalue weighted by molar-refractivity contribution is -0.121. The van der Waals surface area contributed by atoms with Crippen LogP contribution >= 0.6 is 0 Å². The van der Waals surface area contributed by atoms with E-state index in [0.29, 0.717) is 6.54 Å². The number of benzene rings is 1. The van der Waals surface area contributed by atoms with Gasteiger partial charge in [0.25, 0.3) is 0 Å². The predicted octanol–water partition coefficient (Wildman–Crippen LogP) is 2.61. The first-order valence-electron chi connectivity index (χ1n) is 9.61. The molecule has 1 atom stereocenters. The zero-order valence-corrected chi connectivity index (χ0v) is 15.9. The molecule has 2 saturated heterocycles. The van der Waals surface area contributed by atoms with Gasteiger partial charge in [-0.3, -0.25) is 4.79 Å². The van der Waals surface area contributed by atoms with Crippen molar-refractivity contribution >= 4 is 17.6 Å². The first-order chi connectivity index (χ1) is 12.5. The van der Waals surface area contributed by atoms with Crippen molar-refractivity contribution in [3.8, 4) is 0 Å². The second-order valence-corrected chi connectivity index (χ2v) is 7.69. The molecule has 0 saturated carbocycles. The summed E-state index contributed by atoms with van der Waals surface area (Å²) in [5.41, 5.74) is 2.04. The quantitative estimate of drug-likeness (QED) is 0.900. The standard InChI is InChI=1S/C20H30N4O2/c1-22(2)14-16-7-9-18(10-8-16)21-19(25)17-6-5-13-24(15-17)20(26)23-11-3-4-12-23/h7-10,17H,3-6,11-15H2,1-2H3,(H,21,25)/t17-/m1/s1. The average Bonchev–Trinajstić information content (AvgIpc) is 3.17. The lowest BCUT2D eigenvalue weighted by Gasteiger charge is -2.34. The lowest BCUT2D eigenvalue weighted by Crippen LogP contribution is -2.48. The minimum atomic E-state index is -0.128. The Morgan fingerprint density at radius 3 is 2.35 bits per heavy atom. The van der Waals surface area contributed by atoms with E-state index in [2.05, 4.69) is 10.2 Å². The molecule has 1 aromatic carbocycles. The summed E-state index contributed by atoms with van der Waals surface area (Å²) in [6, 6.07) is 8.09. The molecule has 0 aromatic heterocycles. The van der Waals surface area contributed by atoms with Crippen LogP contribution in [0.2, 0.25) is 0 Å². The molecule has 2 aliphatic heterocycles. The van der Waals surface area contributed by atoms with E-state index < -0.39 is 0 Å². The summed E-state index contributed by atoms with van der Waals surface area (Å²) in [6.45, 7) is 3.87. The van der Waals surface area contributed by atoms with E-state index in [-0.39, 0.29) is 17.9 Å². The Balaban J connectivity index is 1.54. The summed E-state index contributed by atoms with van der Waals surface area (Å²) in [5.74, 6) is -0.110. The van der Waals surface area contributed by atoms with E-state index in [9.17, 15) is 9.59 Å². The van der Waals surface area contributed by atoms with Gasteiger partial charge in [-0.15, -0.1) is 0 Å². The number of likely N-dealkylation sites (tertiary alicyclic amines) is 2. The fourth-order valence-electron chi connectivity index (χ4n) is 3.78. The van der Waals surface area contributed by atoms with Crippen molar-refractivity contribution in [1.29, 1.82) is 0 Å². The Labute approximate surface area is 156 Å². The van der Waals surface area contributed by atoms with Crippen LogP contribution in [0.15, 0.2) is 24.3 Å². The van der Waals surface area contributed by atoms with Crippen molar-refractivity contribution in [2.45, 2.75) is 32.2 Å². The second kappa shape index (κ2) is 8.54. The Morgan fingerprint density at radius 1 is 1.04 bits per heavy atom. The molecule has 0 unspecified atom stereocenters. The van der Waals surface area contributed by atoms with E-state index in [1.807, 2.05) is 48.2 Å². The maximum Gasteiger partial charge on any atom is 0.320 e. The van der Waals surface area contributed by atoms with Crippen LogP contribution in [0.3, 0.4) is 0 Å². The maximum absolute atomic E-state index is 12.6. The summed E-state index contributed by atoms with van der Waals surface area (Å²) < 4.78 is 0. The SMILES string of the molecule is CN(C)Cc1ccc(NC(=O)[C@@H]2CCCN(C(=O)N3CCCC3)C2)cc1. The fraction of sp³-hybridized carbons (Fsp3) is 0.600. The molecular weight excluding hydrogens is 328 g/mol. The number of piperidine rings is 1. The van der Waals surface area contributed by atoms with E-state index in [0.717, 1.165) is 57.5 Å². The average molecular weight is 358 g/mol. The Kier molecular flexibility index (Phi) is 6.14. The number of nitrogens with zero attached hydrogens (tertiary/aromatic N) is 3. The molecule has 2 fully saturated rings. The first-order valence-corrected chi connectivity index (χ1v) is 9.61. The summed E-state index contributed by atoms with van der Waals surface area (Å²) in [4.78, 5) is 31.1. The number of rotatable bonds is 4. The third-order valence-corrected chi connectivity index (χ3v) is 5.16. The molecule has 0 spiro atoms. The highest BCUT2D eigenvalue weighted by Gasteiger charge is 2.31. The number of carbonyl (C=O) groups excluding carboxylic acids is 2. The number of hydrogen-bond acceptors (Lipinski definition) is 3. The monoisotopic (exact) mass is 358 g/mol. The zero-order valence-electron chi connectivity index (χ0n) is 15.9. The van der Waals surface area contributed by atoms with Crippen LogP contribution in [-0.2, 0) is 11.3 Å². The van der Waals surface area contributed by atoms with Crippen molar-refractivity contribution < 1.29 is 9.59 Å². The van der Waals surface area contributed by atoms with E-state index in [1.54, 1.807) is 0 Å². The van der Waals surface area contributed by atoms with Crippen LogP contribution in [0, 0.1) is 5.92 Å². The van der Waals surface area contributed by atoms with E-state index >= 15 is 0 Å². The van der Waals surface area contributed by atoms with Gasteiger partial charge in [-0.2, -0.15) is 0 Å². The number of anilines is 1. The summed E-state index contributed by atoms with van der Waals surface area (Å²) in [7, 11) is 4.07. The molecular formula is C20H30N4O2. The predicted molar refractivity (Wildman–Crippen MR) is 103 cm³/mol. The summed E-state index contributed by atoms with van der Waals surface area (Å²) in [6.07, 6.45) is 3.91. The molecule has 0 bridgehead atoms. The smallest absolute Gasteiger partial charge is 0.320 e. The fourth-order valence-corrected chi connectivity index (χ4v) is 3.78. The number of hydrogen-bond donors (Lipinski definition) is 1. The van der Waals surface area contributed by atoms with Gasteiger partial charge in [0, 0.05) is 38.4 Å². The number of nitrogens with one attached hydrogen (secondary N) is 1. The highest BCUT2D eigenvalue weighted by Crippen LogP contribution is 2.21. The highest BCUT2D eigenvalue weighted by molar-refractivity contribution is 5.93. The third-order valence-electron chi connectivity index (χ3n) is 5.16. The van der Waals surface area contributed by atoms with Gasteiger partial charge >= 0.3 is 6.03 Å². The highest BCUT2D eigenvalue weighted by atomic mass is 16.2. The van der Waals surface area contributed by atoms with Crippen molar-refractivity contribution in [1.82, 2.24) is 14.7 Å². The van der Waals surface area contributed by atoms with Crippen LogP contribution in [0.1, 0.15) is 31.2 Å². The molecule has 1 N–H and O–H groups in total. The van der Waals surface area contributed by atoms with Crippen molar-refractivity contribution in [2.24, 2.45) is 5.92 Å². The molecule has 0 aliphatic carbocycles. The molecule has 1 aromatic rings. The molecule has 6 heteroatoms. The van der Waals surface area contributed by atoms with Crippen LogP contribution in [0.5, 0.6) is 0 Å². The zero-order chi connectivity index (χ0) is 18.5. The van der Waals surface area contributed by atoms with Gasteiger partial charge in [-0.05, 0) is 57.5 Å². The normalized spacial score (nSPS) is 20.5. The van der Waals surface area contributed by atoms with Crippen molar-refractivity contribution in [3.05, 3.63) is 29.8 Å². The van der Waals surface area contributed by atoms with E-state index in [4.69, 9.17) is 0 Å². The van der Waals surface area contributed by atoms with Crippen LogP contribution in [0.4, 0.5) is 10.5 Å². The van der Waals surface area contributed by atoms with Gasteiger partial charge < -0.3 is 20.0 Å². The molecule has 26 heavy (non-hydrogen) atoms. The van der Waals surface area contributed by atoms with Gasteiger partial charge in [0.1, 0.15) is 0 Å². The molecule has 142 valence electrons. The van der Waals surface area contributed by atoms with Crippen molar-refractivity contribution in [2.75, 3.05) is 45.6 Å². The molecule has 6 nitrogen and oxygen atoms in total. The minimum Gasteiger partial charge on any atom is -0.326 e. The lowest BCUT2D eigenvalue weighted by atomic mass is 9.97. The minimum absolute atomic E-state index is 0.0179. The number of urea groups is 1. The molecule has 2 aliphatic rings. The first kappa shape index (κ1) is 18.7. The van der Waals surface area contributed by atoms with Gasteiger partial charge in [-0.1, -0.05) is 12.1 Å².